The largest absolute Gasteiger partial charge is 0.481 e. The lowest BCUT2D eigenvalue weighted by molar-refractivity contribution is -0.138. The summed E-state index contributed by atoms with van der Waals surface area (Å²) in [5.41, 5.74) is -0.0411. The van der Waals surface area contributed by atoms with Gasteiger partial charge in [-0.25, -0.2) is 8.93 Å². The van der Waals surface area contributed by atoms with Gasteiger partial charge in [0.05, 0.1) is 27.7 Å². The predicted octanol–water partition coefficient (Wildman–Crippen LogP) is 2.43. The van der Waals surface area contributed by atoms with Crippen molar-refractivity contribution in [2.24, 2.45) is 0 Å². The van der Waals surface area contributed by atoms with Crippen LogP contribution in [0.1, 0.15) is 39.7 Å². The van der Waals surface area contributed by atoms with E-state index in [2.05, 4.69) is 4.72 Å². The smallest absolute Gasteiger partial charge is 0.305 e. The number of aliphatic carboxylic acids is 1. The molecule has 1 aromatic carbocycles. The van der Waals surface area contributed by atoms with Crippen LogP contribution in [-0.4, -0.2) is 20.0 Å². The van der Waals surface area contributed by atoms with Crippen molar-refractivity contribution in [3.05, 3.63) is 35.9 Å². The monoisotopic (exact) mass is 283 g/mol. The highest BCUT2D eigenvalue weighted by Gasteiger charge is 2.34. The normalized spacial score (nSPS) is 16.6. The average molecular weight is 283 g/mol. The first-order valence-corrected chi connectivity index (χ1v) is 7.27. The van der Waals surface area contributed by atoms with Crippen LogP contribution in [0, 0.1) is 0 Å². The SMILES string of the molecule is CC(C)(C)[S@@](=O)N[C@](C)(CC(=O)O)c1ccccc1. The molecule has 0 spiro atoms. The van der Waals surface area contributed by atoms with Gasteiger partial charge in [-0.2, -0.15) is 0 Å². The molecule has 0 radical (unpaired) electrons. The van der Waals surface area contributed by atoms with Gasteiger partial charge in [-0.15, -0.1) is 0 Å². The molecule has 2 N–H and O–H groups in total. The van der Waals surface area contributed by atoms with Crippen molar-refractivity contribution in [3.8, 4) is 0 Å². The standard InChI is InChI=1S/C14H21NO3S/c1-13(2,3)19(18)15-14(4,10-12(16)17)11-8-6-5-7-9-11/h5-9,15H,10H2,1-4H3,(H,16,17)/t14-,19-/m1/s1. The Morgan fingerprint density at radius 2 is 1.74 bits per heavy atom. The highest BCUT2D eigenvalue weighted by Crippen LogP contribution is 2.27. The number of nitrogens with one attached hydrogen (secondary N) is 1. The van der Waals surface area contributed by atoms with E-state index in [0.29, 0.717) is 0 Å². The van der Waals surface area contributed by atoms with Gasteiger partial charge in [-0.1, -0.05) is 30.3 Å². The minimum absolute atomic E-state index is 0.126. The van der Waals surface area contributed by atoms with Crippen molar-refractivity contribution in [3.63, 3.8) is 0 Å². The van der Waals surface area contributed by atoms with Crippen LogP contribution in [0.25, 0.3) is 0 Å². The Morgan fingerprint density at radius 3 is 2.16 bits per heavy atom. The second-order valence-corrected chi connectivity index (χ2v) is 7.72. The summed E-state index contributed by atoms with van der Waals surface area (Å²) >= 11 is 0. The maximum absolute atomic E-state index is 12.2. The second kappa shape index (κ2) is 5.84. The summed E-state index contributed by atoms with van der Waals surface area (Å²) in [5.74, 6) is -0.926. The Labute approximate surface area is 116 Å². The molecular formula is C14H21NO3S. The molecule has 0 aromatic heterocycles. The third-order valence-corrected chi connectivity index (χ3v) is 4.54. The molecule has 1 aromatic rings. The van der Waals surface area contributed by atoms with Crippen LogP contribution in [0.5, 0.6) is 0 Å². The minimum atomic E-state index is -1.34. The lowest BCUT2D eigenvalue weighted by atomic mass is 9.90. The Hall–Kier alpha value is -1.20. The van der Waals surface area contributed by atoms with Gasteiger partial charge < -0.3 is 5.11 Å². The van der Waals surface area contributed by atoms with E-state index in [0.717, 1.165) is 5.56 Å². The summed E-state index contributed by atoms with van der Waals surface area (Å²) in [4.78, 5) is 11.1. The molecule has 1 rings (SSSR count). The van der Waals surface area contributed by atoms with E-state index in [1.807, 2.05) is 51.1 Å². The molecule has 0 aliphatic rings. The Morgan fingerprint density at radius 1 is 1.21 bits per heavy atom. The molecule has 0 saturated heterocycles. The molecule has 0 aliphatic carbocycles. The second-order valence-electron chi connectivity index (χ2n) is 5.75. The predicted molar refractivity (Wildman–Crippen MR) is 77.1 cm³/mol. The summed E-state index contributed by atoms with van der Waals surface area (Å²) < 4.78 is 14.8. The average Bonchev–Trinajstić information content (AvgIpc) is 2.27. The molecular weight excluding hydrogens is 262 g/mol. The third kappa shape index (κ3) is 4.44. The fourth-order valence-electron chi connectivity index (χ4n) is 1.66. The number of benzene rings is 1. The van der Waals surface area contributed by atoms with E-state index in [4.69, 9.17) is 5.11 Å². The molecule has 0 unspecified atom stereocenters. The third-order valence-electron chi connectivity index (χ3n) is 2.79. The van der Waals surface area contributed by atoms with E-state index >= 15 is 0 Å². The number of carboxylic acids is 1. The number of rotatable bonds is 5. The van der Waals surface area contributed by atoms with Crippen molar-refractivity contribution in [2.75, 3.05) is 0 Å². The van der Waals surface area contributed by atoms with Crippen LogP contribution in [-0.2, 0) is 21.3 Å². The fraction of sp³-hybridized carbons (Fsp3) is 0.500. The lowest BCUT2D eigenvalue weighted by Gasteiger charge is -2.32. The molecule has 0 heterocycles. The maximum Gasteiger partial charge on any atom is 0.305 e. The van der Waals surface area contributed by atoms with E-state index in [-0.39, 0.29) is 6.42 Å². The van der Waals surface area contributed by atoms with E-state index in [1.165, 1.54) is 0 Å². The molecule has 0 saturated carbocycles. The van der Waals surface area contributed by atoms with Crippen LogP contribution in [0.15, 0.2) is 30.3 Å². The van der Waals surface area contributed by atoms with Gasteiger partial charge in [-0.05, 0) is 33.3 Å². The van der Waals surface area contributed by atoms with Crippen molar-refractivity contribution in [2.45, 2.75) is 44.4 Å². The molecule has 0 amide bonds. The maximum atomic E-state index is 12.2. The fourth-order valence-corrected chi connectivity index (χ4v) is 2.57. The Kier molecular flexibility index (Phi) is 4.87. The zero-order valence-electron chi connectivity index (χ0n) is 11.8. The molecule has 0 aliphatic heterocycles. The van der Waals surface area contributed by atoms with Gasteiger partial charge in [0, 0.05) is 0 Å². The summed E-state index contributed by atoms with van der Waals surface area (Å²) in [6.07, 6.45) is -0.126. The van der Waals surface area contributed by atoms with Crippen LogP contribution in [0.2, 0.25) is 0 Å². The van der Waals surface area contributed by atoms with Crippen LogP contribution < -0.4 is 4.72 Å². The summed E-state index contributed by atoms with van der Waals surface area (Å²) in [6, 6.07) is 9.24. The molecule has 19 heavy (non-hydrogen) atoms. The quantitative estimate of drug-likeness (QED) is 0.872. The van der Waals surface area contributed by atoms with Gasteiger partial charge in [-0.3, -0.25) is 4.79 Å². The Bertz CT molecular complexity index is 467. The van der Waals surface area contributed by atoms with Crippen molar-refractivity contribution in [1.29, 1.82) is 0 Å². The minimum Gasteiger partial charge on any atom is -0.481 e. The van der Waals surface area contributed by atoms with Crippen molar-refractivity contribution >= 4 is 17.0 Å². The van der Waals surface area contributed by atoms with Crippen LogP contribution in [0.3, 0.4) is 0 Å². The zero-order valence-corrected chi connectivity index (χ0v) is 12.6. The molecule has 4 nitrogen and oxygen atoms in total. The molecule has 0 bridgehead atoms. The summed E-state index contributed by atoms with van der Waals surface area (Å²) in [5, 5.41) is 9.09. The van der Waals surface area contributed by atoms with Crippen LogP contribution >= 0.6 is 0 Å². The highest BCUT2D eigenvalue weighted by molar-refractivity contribution is 7.84. The summed E-state index contributed by atoms with van der Waals surface area (Å²) in [7, 11) is -1.34. The van der Waals surface area contributed by atoms with Gasteiger partial charge in [0.2, 0.25) is 0 Å². The first kappa shape index (κ1) is 15.9. The van der Waals surface area contributed by atoms with Crippen molar-refractivity contribution in [1.82, 2.24) is 4.72 Å². The number of carbonyl (C=O) groups is 1. The highest BCUT2D eigenvalue weighted by atomic mass is 32.2. The van der Waals surface area contributed by atoms with Gasteiger partial charge >= 0.3 is 5.97 Å². The number of carboxylic acid groups (broad SMARTS) is 1. The van der Waals surface area contributed by atoms with Crippen molar-refractivity contribution < 1.29 is 14.1 Å². The number of hydrogen-bond acceptors (Lipinski definition) is 2. The first-order chi connectivity index (χ1) is 8.65. The first-order valence-electron chi connectivity index (χ1n) is 6.12. The van der Waals surface area contributed by atoms with Crippen LogP contribution in [0.4, 0.5) is 0 Å². The zero-order chi connectivity index (χ0) is 14.7. The topological polar surface area (TPSA) is 66.4 Å². The lowest BCUT2D eigenvalue weighted by Crippen LogP contribution is -2.47. The summed E-state index contributed by atoms with van der Waals surface area (Å²) in [6.45, 7) is 7.31. The van der Waals surface area contributed by atoms with Gasteiger partial charge in [0.25, 0.3) is 0 Å². The molecule has 106 valence electrons. The Balaban J connectivity index is 3.08. The number of hydrogen-bond donors (Lipinski definition) is 2. The molecule has 0 fully saturated rings. The van der Waals surface area contributed by atoms with E-state index < -0.39 is 27.2 Å². The van der Waals surface area contributed by atoms with Gasteiger partial charge in [0.15, 0.2) is 0 Å². The van der Waals surface area contributed by atoms with E-state index in [9.17, 15) is 9.00 Å². The molecule has 5 heteroatoms. The molecule has 2 atom stereocenters. The van der Waals surface area contributed by atoms with Gasteiger partial charge in [0.1, 0.15) is 0 Å². The van der Waals surface area contributed by atoms with E-state index in [1.54, 1.807) is 6.92 Å².